The lowest BCUT2D eigenvalue weighted by Crippen LogP contribution is -2.48. The molecule has 0 saturated carbocycles. The standard InChI is InChI=1S/C20H26N4O/c1-22-9-8-21-19(22)15-23-10-12-24(13-11-23)20(25)14-17-7-6-16-4-2-3-5-18(16)17/h2-5,8-9,17H,6-7,10-15H2,1H3. The number of aromatic nitrogens is 2. The van der Waals surface area contributed by atoms with Crippen LogP contribution in [-0.2, 0) is 24.8 Å². The van der Waals surface area contributed by atoms with Crippen LogP contribution in [0.3, 0.4) is 0 Å². The van der Waals surface area contributed by atoms with Crippen molar-refractivity contribution in [2.24, 2.45) is 7.05 Å². The van der Waals surface area contributed by atoms with Gasteiger partial charge in [-0.05, 0) is 29.9 Å². The number of imidazole rings is 1. The van der Waals surface area contributed by atoms with Crippen LogP contribution in [0.25, 0.3) is 0 Å². The number of aryl methyl sites for hydroxylation is 2. The summed E-state index contributed by atoms with van der Waals surface area (Å²) in [5.41, 5.74) is 2.82. The van der Waals surface area contributed by atoms with Gasteiger partial charge in [-0.2, -0.15) is 0 Å². The number of carbonyl (C=O) groups excluding carboxylic acids is 1. The Bertz CT molecular complexity index is 746. The van der Waals surface area contributed by atoms with E-state index in [1.165, 1.54) is 11.1 Å². The van der Waals surface area contributed by atoms with E-state index in [0.717, 1.165) is 51.4 Å². The molecule has 0 bridgehead atoms. The number of amides is 1. The second-order valence-electron chi connectivity index (χ2n) is 7.25. The van der Waals surface area contributed by atoms with Crippen molar-refractivity contribution in [2.75, 3.05) is 26.2 Å². The number of fused-ring (bicyclic) bond motifs is 1. The van der Waals surface area contributed by atoms with Crippen LogP contribution in [0.5, 0.6) is 0 Å². The summed E-state index contributed by atoms with van der Waals surface area (Å²) in [5.74, 6) is 1.81. The SMILES string of the molecule is Cn1ccnc1CN1CCN(C(=O)CC2CCc3ccccc32)CC1. The van der Waals surface area contributed by atoms with Crippen molar-refractivity contribution in [1.29, 1.82) is 0 Å². The molecule has 2 heterocycles. The maximum absolute atomic E-state index is 12.7. The molecule has 1 fully saturated rings. The maximum atomic E-state index is 12.7. The number of piperazine rings is 1. The number of rotatable bonds is 4. The number of nitrogens with zero attached hydrogens (tertiary/aromatic N) is 4. The summed E-state index contributed by atoms with van der Waals surface area (Å²) in [6.07, 6.45) is 6.72. The third-order valence-electron chi connectivity index (χ3n) is 5.69. The molecule has 1 atom stereocenters. The van der Waals surface area contributed by atoms with E-state index >= 15 is 0 Å². The van der Waals surface area contributed by atoms with Crippen LogP contribution in [0.4, 0.5) is 0 Å². The molecule has 0 radical (unpaired) electrons. The summed E-state index contributed by atoms with van der Waals surface area (Å²) < 4.78 is 2.06. The van der Waals surface area contributed by atoms with E-state index in [2.05, 4.69) is 43.6 Å². The lowest BCUT2D eigenvalue weighted by atomic mass is 9.97. The summed E-state index contributed by atoms with van der Waals surface area (Å²) in [4.78, 5) is 21.6. The van der Waals surface area contributed by atoms with Crippen molar-refractivity contribution >= 4 is 5.91 Å². The minimum Gasteiger partial charge on any atom is -0.340 e. The molecule has 5 heteroatoms. The lowest BCUT2D eigenvalue weighted by Gasteiger charge is -2.35. The molecule has 1 amide bonds. The zero-order valence-corrected chi connectivity index (χ0v) is 14.9. The zero-order valence-electron chi connectivity index (χ0n) is 14.9. The molecule has 1 unspecified atom stereocenters. The highest BCUT2D eigenvalue weighted by molar-refractivity contribution is 5.77. The summed E-state index contributed by atoms with van der Waals surface area (Å²) in [6.45, 7) is 4.39. The minimum absolute atomic E-state index is 0.318. The van der Waals surface area contributed by atoms with E-state index in [4.69, 9.17) is 0 Å². The first-order valence-corrected chi connectivity index (χ1v) is 9.25. The van der Waals surface area contributed by atoms with Crippen molar-refractivity contribution in [3.8, 4) is 0 Å². The largest absolute Gasteiger partial charge is 0.340 e. The van der Waals surface area contributed by atoms with Gasteiger partial charge in [0.15, 0.2) is 0 Å². The van der Waals surface area contributed by atoms with Crippen molar-refractivity contribution < 1.29 is 4.79 Å². The molecule has 1 aliphatic heterocycles. The Morgan fingerprint density at radius 2 is 2.00 bits per heavy atom. The molecule has 1 aliphatic carbocycles. The maximum Gasteiger partial charge on any atom is 0.223 e. The molecule has 0 N–H and O–H groups in total. The number of hydrogen-bond acceptors (Lipinski definition) is 3. The van der Waals surface area contributed by atoms with E-state index in [9.17, 15) is 4.79 Å². The average molecular weight is 338 g/mol. The molecule has 2 aromatic rings. The normalized spacial score (nSPS) is 20.7. The Balaban J connectivity index is 1.29. The molecule has 25 heavy (non-hydrogen) atoms. The summed E-state index contributed by atoms with van der Waals surface area (Å²) in [5, 5.41) is 0. The van der Waals surface area contributed by atoms with E-state index < -0.39 is 0 Å². The van der Waals surface area contributed by atoms with E-state index in [1.54, 1.807) is 0 Å². The van der Waals surface area contributed by atoms with Gasteiger partial charge >= 0.3 is 0 Å². The molecule has 0 spiro atoms. The Labute approximate surface area is 149 Å². The van der Waals surface area contributed by atoms with E-state index in [0.29, 0.717) is 18.2 Å². The monoisotopic (exact) mass is 338 g/mol. The van der Waals surface area contributed by atoms with Crippen LogP contribution in [0.2, 0.25) is 0 Å². The van der Waals surface area contributed by atoms with Gasteiger partial charge in [0.1, 0.15) is 5.82 Å². The van der Waals surface area contributed by atoms with Crippen molar-refractivity contribution in [1.82, 2.24) is 19.4 Å². The van der Waals surface area contributed by atoms with Gasteiger partial charge in [-0.3, -0.25) is 9.69 Å². The lowest BCUT2D eigenvalue weighted by molar-refractivity contribution is -0.133. The molecular weight excluding hydrogens is 312 g/mol. The van der Waals surface area contributed by atoms with Crippen LogP contribution in [0.1, 0.15) is 35.7 Å². The molecule has 1 saturated heterocycles. The predicted molar refractivity (Wildman–Crippen MR) is 97.2 cm³/mol. The van der Waals surface area contributed by atoms with Gasteiger partial charge in [-0.25, -0.2) is 4.98 Å². The van der Waals surface area contributed by atoms with Crippen LogP contribution < -0.4 is 0 Å². The average Bonchev–Trinajstić information content (AvgIpc) is 3.22. The summed E-state index contributed by atoms with van der Waals surface area (Å²) >= 11 is 0. The number of carbonyl (C=O) groups is 1. The highest BCUT2D eigenvalue weighted by Gasteiger charge is 2.28. The first-order chi connectivity index (χ1) is 12.2. The molecular formula is C20H26N4O. The Hall–Kier alpha value is -2.14. The number of hydrogen-bond donors (Lipinski definition) is 0. The minimum atomic E-state index is 0.318. The summed E-state index contributed by atoms with van der Waals surface area (Å²) in [6, 6.07) is 8.60. The highest BCUT2D eigenvalue weighted by atomic mass is 16.2. The van der Waals surface area contributed by atoms with Gasteiger partial charge in [-0.1, -0.05) is 24.3 Å². The molecule has 5 nitrogen and oxygen atoms in total. The third-order valence-corrected chi connectivity index (χ3v) is 5.69. The first kappa shape index (κ1) is 16.3. The third kappa shape index (κ3) is 3.47. The summed E-state index contributed by atoms with van der Waals surface area (Å²) in [7, 11) is 2.03. The van der Waals surface area contributed by atoms with Crippen LogP contribution in [0.15, 0.2) is 36.7 Å². The van der Waals surface area contributed by atoms with Gasteiger partial charge < -0.3 is 9.47 Å². The molecule has 2 aliphatic rings. The number of benzene rings is 1. The Morgan fingerprint density at radius 3 is 2.76 bits per heavy atom. The first-order valence-electron chi connectivity index (χ1n) is 9.25. The van der Waals surface area contributed by atoms with Gasteiger partial charge in [-0.15, -0.1) is 0 Å². The molecule has 1 aromatic carbocycles. The van der Waals surface area contributed by atoms with Gasteiger partial charge in [0, 0.05) is 52.0 Å². The fourth-order valence-electron chi connectivity index (χ4n) is 4.10. The quantitative estimate of drug-likeness (QED) is 0.858. The Morgan fingerprint density at radius 1 is 1.20 bits per heavy atom. The zero-order chi connectivity index (χ0) is 17.2. The molecule has 1 aromatic heterocycles. The van der Waals surface area contributed by atoms with Crippen molar-refractivity contribution in [3.63, 3.8) is 0 Å². The van der Waals surface area contributed by atoms with Crippen LogP contribution >= 0.6 is 0 Å². The topological polar surface area (TPSA) is 41.4 Å². The van der Waals surface area contributed by atoms with Crippen LogP contribution in [-0.4, -0.2) is 51.4 Å². The van der Waals surface area contributed by atoms with E-state index in [-0.39, 0.29) is 0 Å². The van der Waals surface area contributed by atoms with Gasteiger partial charge in [0.25, 0.3) is 0 Å². The van der Waals surface area contributed by atoms with E-state index in [1.807, 2.05) is 19.4 Å². The fraction of sp³-hybridized carbons (Fsp3) is 0.500. The van der Waals surface area contributed by atoms with Gasteiger partial charge in [0.05, 0.1) is 6.54 Å². The highest BCUT2D eigenvalue weighted by Crippen LogP contribution is 2.35. The smallest absolute Gasteiger partial charge is 0.223 e. The fourth-order valence-corrected chi connectivity index (χ4v) is 4.10. The van der Waals surface area contributed by atoms with Crippen molar-refractivity contribution in [2.45, 2.75) is 31.7 Å². The Kier molecular flexibility index (Phi) is 4.57. The second kappa shape index (κ2) is 7.00. The molecule has 132 valence electrons. The van der Waals surface area contributed by atoms with Crippen molar-refractivity contribution in [3.05, 3.63) is 53.6 Å². The van der Waals surface area contributed by atoms with Gasteiger partial charge in [0.2, 0.25) is 5.91 Å². The predicted octanol–water partition coefficient (Wildman–Crippen LogP) is 2.18. The molecule has 4 rings (SSSR count). The van der Waals surface area contributed by atoms with Crippen LogP contribution in [0, 0.1) is 0 Å². The second-order valence-corrected chi connectivity index (χ2v) is 7.25.